The summed E-state index contributed by atoms with van der Waals surface area (Å²) < 4.78 is 5.79. The van der Waals surface area contributed by atoms with Crippen molar-refractivity contribution in [3.63, 3.8) is 0 Å². The van der Waals surface area contributed by atoms with Crippen molar-refractivity contribution in [2.75, 3.05) is 0 Å². The van der Waals surface area contributed by atoms with E-state index in [0.29, 0.717) is 35.4 Å². The highest BCUT2D eigenvalue weighted by molar-refractivity contribution is 6.09. The van der Waals surface area contributed by atoms with Crippen LogP contribution in [0.15, 0.2) is 34.5 Å². The first-order valence-corrected chi connectivity index (χ1v) is 11.1. The second kappa shape index (κ2) is 8.15. The molecule has 1 N–H and O–H groups in total. The Morgan fingerprint density at radius 1 is 1.25 bits per heavy atom. The summed E-state index contributed by atoms with van der Waals surface area (Å²) in [5, 5.41) is 21.4. The van der Waals surface area contributed by atoms with E-state index in [1.54, 1.807) is 13.0 Å². The van der Waals surface area contributed by atoms with E-state index in [2.05, 4.69) is 4.99 Å². The summed E-state index contributed by atoms with van der Waals surface area (Å²) in [6.45, 7) is 5.75. The van der Waals surface area contributed by atoms with E-state index < -0.39 is 34.2 Å². The fourth-order valence-corrected chi connectivity index (χ4v) is 5.23. The Kier molecular flexibility index (Phi) is 5.65. The van der Waals surface area contributed by atoms with Crippen molar-refractivity contribution < 1.29 is 24.4 Å². The summed E-state index contributed by atoms with van der Waals surface area (Å²) >= 11 is 0. The SMILES string of the molecule is CC1=NC2=C(C(=O)CC(C)(C)C2)[C@H](c2ccc(O)c([N+](=O)[O-])c2)C1C(=O)OC1CCCC1. The Labute approximate surface area is 186 Å². The number of allylic oxidation sites excluding steroid dienone is 2. The number of hydrogen-bond donors (Lipinski definition) is 1. The number of hydrogen-bond acceptors (Lipinski definition) is 7. The second-order valence-electron chi connectivity index (χ2n) is 9.86. The third kappa shape index (κ3) is 4.06. The maximum absolute atomic E-state index is 13.3. The van der Waals surface area contributed by atoms with Crippen LogP contribution in [0.4, 0.5) is 5.69 Å². The zero-order chi connectivity index (χ0) is 23.2. The van der Waals surface area contributed by atoms with E-state index in [0.717, 1.165) is 25.7 Å². The number of aromatic hydroxyl groups is 1. The predicted octanol–water partition coefficient (Wildman–Crippen LogP) is 4.60. The molecule has 8 heteroatoms. The molecular weight excluding hydrogens is 412 g/mol. The van der Waals surface area contributed by atoms with Gasteiger partial charge in [-0.2, -0.15) is 0 Å². The molecule has 1 fully saturated rings. The molecule has 0 saturated heterocycles. The quantitative estimate of drug-likeness (QED) is 0.415. The van der Waals surface area contributed by atoms with Crippen LogP contribution in [0, 0.1) is 21.4 Å². The van der Waals surface area contributed by atoms with Crippen molar-refractivity contribution in [1.29, 1.82) is 0 Å². The highest BCUT2D eigenvalue weighted by Gasteiger charge is 2.47. The molecule has 1 heterocycles. The van der Waals surface area contributed by atoms with Crippen LogP contribution in [0.1, 0.15) is 70.8 Å². The molecular formula is C24H28N2O6. The predicted molar refractivity (Wildman–Crippen MR) is 117 cm³/mol. The van der Waals surface area contributed by atoms with Gasteiger partial charge in [-0.3, -0.25) is 24.7 Å². The summed E-state index contributed by atoms with van der Waals surface area (Å²) in [6.07, 6.45) is 4.36. The molecule has 170 valence electrons. The van der Waals surface area contributed by atoms with E-state index in [1.807, 2.05) is 13.8 Å². The van der Waals surface area contributed by atoms with E-state index in [9.17, 15) is 24.8 Å². The standard InChI is InChI=1S/C24H28N2O6/c1-13-20(23(29)32-15-6-4-5-7-15)21(14-8-9-18(27)17(10-14)26(30)31)22-16(25-13)11-24(2,3)12-19(22)28/h8-10,15,20-21,27H,4-7,11-12H2,1-3H3/t20?,21-/m1/s1. The lowest BCUT2D eigenvalue weighted by Crippen LogP contribution is -2.40. The molecule has 0 aromatic heterocycles. The monoisotopic (exact) mass is 440 g/mol. The molecule has 1 saturated carbocycles. The lowest BCUT2D eigenvalue weighted by Gasteiger charge is -2.39. The maximum Gasteiger partial charge on any atom is 0.315 e. The number of phenolic OH excluding ortho intramolecular Hbond substituents is 1. The molecule has 0 amide bonds. The number of ketones is 1. The van der Waals surface area contributed by atoms with Gasteiger partial charge < -0.3 is 9.84 Å². The van der Waals surface area contributed by atoms with Crippen LogP contribution in [-0.4, -0.2) is 33.6 Å². The minimum absolute atomic E-state index is 0.105. The van der Waals surface area contributed by atoms with Crippen molar-refractivity contribution in [1.82, 2.24) is 0 Å². The van der Waals surface area contributed by atoms with Gasteiger partial charge in [0.15, 0.2) is 11.5 Å². The second-order valence-corrected chi connectivity index (χ2v) is 9.86. The number of esters is 1. The number of nitro groups is 1. The highest BCUT2D eigenvalue weighted by atomic mass is 16.6. The largest absolute Gasteiger partial charge is 0.502 e. The molecule has 1 unspecified atom stereocenters. The van der Waals surface area contributed by atoms with E-state index >= 15 is 0 Å². The maximum atomic E-state index is 13.3. The molecule has 32 heavy (non-hydrogen) atoms. The molecule has 1 aliphatic heterocycles. The number of carbonyl (C=O) groups excluding carboxylic acids is 2. The van der Waals surface area contributed by atoms with E-state index in [4.69, 9.17) is 4.74 Å². The Morgan fingerprint density at radius 2 is 1.94 bits per heavy atom. The number of phenols is 1. The first-order chi connectivity index (χ1) is 15.1. The first-order valence-electron chi connectivity index (χ1n) is 11.1. The molecule has 2 aliphatic carbocycles. The van der Waals surface area contributed by atoms with Crippen LogP contribution < -0.4 is 0 Å². The lowest BCUT2D eigenvalue weighted by atomic mass is 9.67. The highest BCUT2D eigenvalue weighted by Crippen LogP contribution is 2.49. The third-order valence-electron chi connectivity index (χ3n) is 6.70. The van der Waals surface area contributed by atoms with Crippen LogP contribution in [0.2, 0.25) is 0 Å². The van der Waals surface area contributed by atoms with E-state index in [1.165, 1.54) is 12.1 Å². The lowest BCUT2D eigenvalue weighted by molar-refractivity contribution is -0.385. The average molecular weight is 440 g/mol. The fraction of sp³-hybridized carbons (Fsp3) is 0.542. The molecule has 2 atom stereocenters. The van der Waals surface area contributed by atoms with Crippen LogP contribution in [-0.2, 0) is 14.3 Å². The molecule has 1 aromatic rings. The number of nitro benzene ring substituents is 1. The number of carbonyl (C=O) groups is 2. The van der Waals surface area contributed by atoms with Crippen molar-refractivity contribution in [2.45, 2.75) is 71.3 Å². The number of Topliss-reactive ketones (excluding diaryl/α,β-unsaturated/α-hetero) is 1. The van der Waals surface area contributed by atoms with Gasteiger partial charge in [-0.05, 0) is 56.1 Å². The number of benzene rings is 1. The Bertz CT molecular complexity index is 1050. The van der Waals surface area contributed by atoms with Gasteiger partial charge >= 0.3 is 11.7 Å². The van der Waals surface area contributed by atoms with Crippen molar-refractivity contribution in [3.05, 3.63) is 45.1 Å². The molecule has 0 radical (unpaired) electrons. The van der Waals surface area contributed by atoms with Crippen molar-refractivity contribution in [3.8, 4) is 5.75 Å². The molecule has 0 bridgehead atoms. The number of aliphatic imine (C=N–C) groups is 1. The smallest absolute Gasteiger partial charge is 0.315 e. The van der Waals surface area contributed by atoms with Crippen molar-refractivity contribution in [2.24, 2.45) is 16.3 Å². The molecule has 0 spiro atoms. The number of nitrogens with zero attached hydrogens (tertiary/aromatic N) is 2. The third-order valence-corrected chi connectivity index (χ3v) is 6.70. The summed E-state index contributed by atoms with van der Waals surface area (Å²) in [6, 6.07) is 4.04. The summed E-state index contributed by atoms with van der Waals surface area (Å²) in [7, 11) is 0. The molecule has 8 nitrogen and oxygen atoms in total. The Hall–Kier alpha value is -3.03. The fourth-order valence-electron chi connectivity index (χ4n) is 5.23. The Balaban J connectivity index is 1.83. The summed E-state index contributed by atoms with van der Waals surface area (Å²) in [4.78, 5) is 42.0. The van der Waals surface area contributed by atoms with Crippen molar-refractivity contribution >= 4 is 23.2 Å². The van der Waals surface area contributed by atoms with Gasteiger partial charge in [0, 0.05) is 35.4 Å². The minimum atomic E-state index is -0.844. The van der Waals surface area contributed by atoms with Gasteiger partial charge in [-0.15, -0.1) is 0 Å². The van der Waals surface area contributed by atoms with Gasteiger partial charge in [-0.25, -0.2) is 0 Å². The first kappa shape index (κ1) is 22.2. The summed E-state index contributed by atoms with van der Waals surface area (Å²) in [5.74, 6) is -2.60. The van der Waals surface area contributed by atoms with Gasteiger partial charge in [0.1, 0.15) is 12.0 Å². The topological polar surface area (TPSA) is 119 Å². The van der Waals surface area contributed by atoms with E-state index in [-0.39, 0.29) is 17.3 Å². The number of ether oxygens (including phenoxy) is 1. The van der Waals surface area contributed by atoms with Gasteiger partial charge in [0.05, 0.1) is 4.92 Å². The molecule has 3 aliphatic rings. The number of rotatable bonds is 4. The van der Waals surface area contributed by atoms with Gasteiger partial charge in [-0.1, -0.05) is 19.9 Å². The Morgan fingerprint density at radius 3 is 2.59 bits per heavy atom. The zero-order valence-corrected chi connectivity index (χ0v) is 18.6. The molecule has 1 aromatic carbocycles. The van der Waals surface area contributed by atoms with Gasteiger partial charge in [0.2, 0.25) is 0 Å². The molecule has 4 rings (SSSR count). The minimum Gasteiger partial charge on any atom is -0.502 e. The average Bonchev–Trinajstić information content (AvgIpc) is 3.19. The van der Waals surface area contributed by atoms with Crippen LogP contribution >= 0.6 is 0 Å². The van der Waals surface area contributed by atoms with Crippen LogP contribution in [0.3, 0.4) is 0 Å². The normalized spacial score (nSPS) is 25.3. The van der Waals surface area contributed by atoms with Crippen LogP contribution in [0.25, 0.3) is 0 Å². The summed E-state index contributed by atoms with van der Waals surface area (Å²) in [5.41, 5.74) is 1.31. The van der Waals surface area contributed by atoms with Crippen LogP contribution in [0.5, 0.6) is 5.75 Å². The zero-order valence-electron chi connectivity index (χ0n) is 18.6. The van der Waals surface area contributed by atoms with Gasteiger partial charge in [0.25, 0.3) is 0 Å².